The van der Waals surface area contributed by atoms with Gasteiger partial charge in [-0.05, 0) is 37.3 Å². The molecule has 4 heteroatoms. The molecule has 24 heavy (non-hydrogen) atoms. The summed E-state index contributed by atoms with van der Waals surface area (Å²) >= 11 is 0. The highest BCUT2D eigenvalue weighted by Gasteiger charge is 2.22. The second kappa shape index (κ2) is 10.8. The first-order valence-corrected chi connectivity index (χ1v) is 9.09. The van der Waals surface area contributed by atoms with Crippen LogP contribution in [0.3, 0.4) is 0 Å². The Morgan fingerprint density at radius 2 is 1.79 bits per heavy atom. The van der Waals surface area contributed by atoms with Crippen LogP contribution < -0.4 is 10.6 Å². The third-order valence-electron chi connectivity index (χ3n) is 4.05. The first-order chi connectivity index (χ1) is 11.5. The monoisotopic (exact) mass is 332 g/mol. The van der Waals surface area contributed by atoms with E-state index < -0.39 is 6.04 Å². The molecule has 0 saturated carbocycles. The second-order valence-corrected chi connectivity index (χ2v) is 6.82. The summed E-state index contributed by atoms with van der Waals surface area (Å²) in [6, 6.07) is 6.96. The van der Waals surface area contributed by atoms with Crippen molar-refractivity contribution in [3.05, 3.63) is 35.4 Å². The molecule has 0 spiro atoms. The van der Waals surface area contributed by atoms with E-state index in [0.29, 0.717) is 24.4 Å². The summed E-state index contributed by atoms with van der Waals surface area (Å²) in [6.45, 7) is 8.86. The summed E-state index contributed by atoms with van der Waals surface area (Å²) in [4.78, 5) is 24.9. The number of nitrogens with one attached hydrogen (secondary N) is 2. The van der Waals surface area contributed by atoms with Gasteiger partial charge in [0.25, 0.3) is 5.91 Å². The zero-order chi connectivity index (χ0) is 17.9. The molecule has 0 heterocycles. The van der Waals surface area contributed by atoms with Gasteiger partial charge in [-0.1, -0.05) is 58.2 Å². The Labute approximate surface area is 146 Å². The van der Waals surface area contributed by atoms with Crippen LogP contribution in [0.2, 0.25) is 0 Å². The minimum absolute atomic E-state index is 0.0814. The lowest BCUT2D eigenvalue weighted by Crippen LogP contribution is -2.47. The van der Waals surface area contributed by atoms with Gasteiger partial charge in [-0.3, -0.25) is 9.59 Å². The summed E-state index contributed by atoms with van der Waals surface area (Å²) in [6.07, 6.45) is 5.12. The van der Waals surface area contributed by atoms with Gasteiger partial charge in [0, 0.05) is 12.1 Å². The second-order valence-electron chi connectivity index (χ2n) is 6.82. The highest BCUT2D eigenvalue weighted by atomic mass is 16.2. The number of hydrogen-bond donors (Lipinski definition) is 2. The van der Waals surface area contributed by atoms with Crippen molar-refractivity contribution >= 4 is 11.8 Å². The van der Waals surface area contributed by atoms with Crippen LogP contribution in [0.4, 0.5) is 0 Å². The number of unbranched alkanes of at least 4 members (excludes halogenated alkanes) is 3. The molecule has 2 amide bonds. The van der Waals surface area contributed by atoms with Crippen LogP contribution in [0.5, 0.6) is 0 Å². The first-order valence-electron chi connectivity index (χ1n) is 9.09. The largest absolute Gasteiger partial charge is 0.354 e. The summed E-state index contributed by atoms with van der Waals surface area (Å²) in [5.41, 5.74) is 1.54. The van der Waals surface area contributed by atoms with Gasteiger partial charge in [0.1, 0.15) is 6.04 Å². The van der Waals surface area contributed by atoms with E-state index in [-0.39, 0.29) is 11.8 Å². The highest BCUT2D eigenvalue weighted by molar-refractivity contribution is 5.98. The Bertz CT molecular complexity index is 526. The topological polar surface area (TPSA) is 58.2 Å². The minimum Gasteiger partial charge on any atom is -0.354 e. The third-order valence-corrected chi connectivity index (χ3v) is 4.05. The SMILES string of the molecule is CCCCCCNC(=O)C(CC(C)C)NC(=O)c1ccccc1C. The molecule has 0 aliphatic rings. The van der Waals surface area contributed by atoms with Crippen LogP contribution in [0.1, 0.15) is 68.8 Å². The van der Waals surface area contributed by atoms with E-state index in [2.05, 4.69) is 31.4 Å². The molecular formula is C20H32N2O2. The molecule has 0 aliphatic heterocycles. The van der Waals surface area contributed by atoms with Gasteiger partial charge in [-0.2, -0.15) is 0 Å². The molecule has 134 valence electrons. The molecule has 0 aliphatic carbocycles. The van der Waals surface area contributed by atoms with Gasteiger partial charge in [0.05, 0.1) is 0 Å². The Kier molecular flexibility index (Phi) is 9.13. The Hall–Kier alpha value is -1.84. The normalized spacial score (nSPS) is 12.0. The predicted molar refractivity (Wildman–Crippen MR) is 99.0 cm³/mol. The molecule has 1 atom stereocenters. The van der Waals surface area contributed by atoms with E-state index in [1.807, 2.05) is 25.1 Å². The number of benzene rings is 1. The maximum atomic E-state index is 12.5. The van der Waals surface area contributed by atoms with E-state index in [0.717, 1.165) is 18.4 Å². The van der Waals surface area contributed by atoms with Crippen molar-refractivity contribution in [2.24, 2.45) is 5.92 Å². The molecule has 0 fully saturated rings. The smallest absolute Gasteiger partial charge is 0.252 e. The maximum absolute atomic E-state index is 12.5. The van der Waals surface area contributed by atoms with Gasteiger partial charge < -0.3 is 10.6 Å². The van der Waals surface area contributed by atoms with E-state index in [4.69, 9.17) is 0 Å². The molecule has 1 unspecified atom stereocenters. The molecule has 0 aromatic heterocycles. The van der Waals surface area contributed by atoms with Crippen LogP contribution in [0.25, 0.3) is 0 Å². The number of carbonyl (C=O) groups excluding carboxylic acids is 2. The fourth-order valence-electron chi connectivity index (χ4n) is 2.65. The van der Waals surface area contributed by atoms with Gasteiger partial charge in [0.15, 0.2) is 0 Å². The zero-order valence-electron chi connectivity index (χ0n) is 15.5. The molecule has 4 nitrogen and oxygen atoms in total. The molecule has 1 rings (SSSR count). The number of rotatable bonds is 10. The van der Waals surface area contributed by atoms with Crippen LogP contribution in [-0.2, 0) is 4.79 Å². The van der Waals surface area contributed by atoms with E-state index in [9.17, 15) is 9.59 Å². The van der Waals surface area contributed by atoms with E-state index >= 15 is 0 Å². The summed E-state index contributed by atoms with van der Waals surface area (Å²) in [5, 5.41) is 5.87. The van der Waals surface area contributed by atoms with Crippen molar-refractivity contribution in [1.82, 2.24) is 10.6 Å². The van der Waals surface area contributed by atoms with E-state index in [1.54, 1.807) is 6.07 Å². The standard InChI is InChI=1S/C20H32N2O2/c1-5-6-7-10-13-21-20(24)18(14-15(2)3)22-19(23)17-12-9-8-11-16(17)4/h8-9,11-12,15,18H,5-7,10,13-14H2,1-4H3,(H,21,24)(H,22,23). The maximum Gasteiger partial charge on any atom is 0.252 e. The summed E-state index contributed by atoms with van der Waals surface area (Å²) in [5.74, 6) is 0.0695. The van der Waals surface area contributed by atoms with Gasteiger partial charge in [-0.25, -0.2) is 0 Å². The molecule has 0 radical (unpaired) electrons. The van der Waals surface area contributed by atoms with Crippen molar-refractivity contribution in [3.8, 4) is 0 Å². The number of carbonyl (C=O) groups is 2. The molecule has 1 aromatic carbocycles. The van der Waals surface area contributed by atoms with Crippen molar-refractivity contribution in [2.45, 2.75) is 65.8 Å². The fourth-order valence-corrected chi connectivity index (χ4v) is 2.65. The first kappa shape index (κ1) is 20.2. The van der Waals surface area contributed by atoms with Crippen molar-refractivity contribution in [2.75, 3.05) is 6.54 Å². The summed E-state index contributed by atoms with van der Waals surface area (Å²) < 4.78 is 0. The molecule has 0 saturated heterocycles. The van der Waals surface area contributed by atoms with E-state index in [1.165, 1.54) is 12.8 Å². The fraction of sp³-hybridized carbons (Fsp3) is 0.600. The third kappa shape index (κ3) is 7.16. The molecule has 2 N–H and O–H groups in total. The highest BCUT2D eigenvalue weighted by Crippen LogP contribution is 2.10. The van der Waals surface area contributed by atoms with Crippen LogP contribution in [0.15, 0.2) is 24.3 Å². The van der Waals surface area contributed by atoms with Crippen molar-refractivity contribution in [3.63, 3.8) is 0 Å². The molecule has 0 bridgehead atoms. The minimum atomic E-state index is -0.483. The lowest BCUT2D eigenvalue weighted by molar-refractivity contribution is -0.123. The quantitative estimate of drug-likeness (QED) is 0.640. The van der Waals surface area contributed by atoms with Crippen molar-refractivity contribution < 1.29 is 9.59 Å². The van der Waals surface area contributed by atoms with Gasteiger partial charge in [-0.15, -0.1) is 0 Å². The Morgan fingerprint density at radius 1 is 1.08 bits per heavy atom. The van der Waals surface area contributed by atoms with Crippen LogP contribution in [-0.4, -0.2) is 24.4 Å². The summed E-state index contributed by atoms with van der Waals surface area (Å²) in [7, 11) is 0. The average Bonchev–Trinajstić information content (AvgIpc) is 2.53. The molecular weight excluding hydrogens is 300 g/mol. The number of aryl methyl sites for hydroxylation is 1. The van der Waals surface area contributed by atoms with Crippen LogP contribution in [0, 0.1) is 12.8 Å². The predicted octanol–water partition coefficient (Wildman–Crippen LogP) is 3.84. The Morgan fingerprint density at radius 3 is 2.42 bits per heavy atom. The Balaban J connectivity index is 2.62. The number of hydrogen-bond acceptors (Lipinski definition) is 2. The zero-order valence-corrected chi connectivity index (χ0v) is 15.5. The number of amides is 2. The average molecular weight is 332 g/mol. The van der Waals surface area contributed by atoms with Gasteiger partial charge >= 0.3 is 0 Å². The van der Waals surface area contributed by atoms with Crippen molar-refractivity contribution in [1.29, 1.82) is 0 Å². The van der Waals surface area contributed by atoms with Crippen LogP contribution >= 0.6 is 0 Å². The lowest BCUT2D eigenvalue weighted by atomic mass is 10.0. The van der Waals surface area contributed by atoms with Gasteiger partial charge in [0.2, 0.25) is 5.91 Å². The molecule has 1 aromatic rings. The lowest BCUT2D eigenvalue weighted by Gasteiger charge is -2.20.